The van der Waals surface area contributed by atoms with Gasteiger partial charge in [0.25, 0.3) is 5.91 Å². The molecule has 0 spiro atoms. The molecule has 2 aromatic carbocycles. The molecule has 0 bridgehead atoms. The van der Waals surface area contributed by atoms with Gasteiger partial charge < -0.3 is 10.1 Å². The maximum atomic E-state index is 11.7. The Labute approximate surface area is 153 Å². The molecule has 3 rings (SSSR count). The van der Waals surface area contributed by atoms with Crippen LogP contribution in [0, 0.1) is 0 Å². The van der Waals surface area contributed by atoms with E-state index in [1.54, 1.807) is 24.3 Å². The van der Waals surface area contributed by atoms with E-state index in [1.165, 1.54) is 6.08 Å². The first-order valence-corrected chi connectivity index (χ1v) is 7.91. The number of nitrogens with zero attached hydrogens (tertiary/aromatic N) is 2. The fraction of sp³-hybridized carbons (Fsp3) is 0. The van der Waals surface area contributed by atoms with Crippen molar-refractivity contribution in [2.45, 2.75) is 0 Å². The van der Waals surface area contributed by atoms with Crippen LogP contribution in [0.25, 0.3) is 17.0 Å². The first-order chi connectivity index (χ1) is 12.5. The summed E-state index contributed by atoms with van der Waals surface area (Å²) in [5, 5.41) is 20.0. The molecule has 0 aliphatic carbocycles. The Kier molecular flexibility index (Phi) is 5.09. The van der Waals surface area contributed by atoms with Crippen LogP contribution in [0.3, 0.4) is 0 Å². The summed E-state index contributed by atoms with van der Waals surface area (Å²) in [6.07, 6.45) is 2.78. The van der Waals surface area contributed by atoms with Crippen LogP contribution in [0.2, 0.25) is 5.02 Å². The molecular weight excluding hydrogens is 356 g/mol. The van der Waals surface area contributed by atoms with Crippen LogP contribution < -0.4 is 5.32 Å². The monoisotopic (exact) mass is 368 g/mol. The van der Waals surface area contributed by atoms with Gasteiger partial charge in [-0.1, -0.05) is 47.0 Å². The summed E-state index contributed by atoms with van der Waals surface area (Å²) in [7, 11) is 0. The highest BCUT2D eigenvalue weighted by Gasteiger charge is 2.12. The number of aromatic amines is 1. The van der Waals surface area contributed by atoms with Gasteiger partial charge >= 0.3 is 6.03 Å². The molecule has 7 nitrogen and oxygen atoms in total. The van der Waals surface area contributed by atoms with Gasteiger partial charge in [0.05, 0.1) is 5.52 Å². The van der Waals surface area contributed by atoms with Gasteiger partial charge in [0.15, 0.2) is 5.69 Å². The van der Waals surface area contributed by atoms with E-state index in [0.29, 0.717) is 15.9 Å². The van der Waals surface area contributed by atoms with Crippen molar-refractivity contribution in [2.24, 2.45) is 10.2 Å². The summed E-state index contributed by atoms with van der Waals surface area (Å²) in [5.74, 6) is -0.891. The van der Waals surface area contributed by atoms with E-state index in [2.05, 4.69) is 15.2 Å². The van der Waals surface area contributed by atoms with Gasteiger partial charge in [0.1, 0.15) is 0 Å². The third kappa shape index (κ3) is 4.14. The molecule has 26 heavy (non-hydrogen) atoms. The van der Waals surface area contributed by atoms with Gasteiger partial charge in [-0.3, -0.25) is 10.1 Å². The number of H-pyrrole nitrogens is 1. The average Bonchev–Trinajstić information content (AvgIpc) is 2.93. The molecule has 8 heteroatoms. The van der Waals surface area contributed by atoms with Gasteiger partial charge in [0.2, 0.25) is 5.88 Å². The molecule has 0 saturated heterocycles. The molecule has 0 saturated carbocycles. The first kappa shape index (κ1) is 17.4. The fourth-order valence-corrected chi connectivity index (χ4v) is 2.41. The van der Waals surface area contributed by atoms with E-state index >= 15 is 0 Å². The number of carbonyl (C=O) groups excluding carboxylic acids is 2. The number of hydrogen-bond donors (Lipinski definition) is 3. The van der Waals surface area contributed by atoms with Crippen LogP contribution in [0.1, 0.15) is 5.56 Å². The normalized spacial score (nSPS) is 11.4. The minimum Gasteiger partial charge on any atom is -0.493 e. The number of benzene rings is 2. The largest absolute Gasteiger partial charge is 0.493 e. The van der Waals surface area contributed by atoms with E-state index in [-0.39, 0.29) is 11.6 Å². The maximum Gasteiger partial charge on any atom is 0.366 e. The highest BCUT2D eigenvalue weighted by Crippen LogP contribution is 2.36. The number of urea groups is 1. The summed E-state index contributed by atoms with van der Waals surface area (Å²) in [6.45, 7) is 0. The summed E-state index contributed by atoms with van der Waals surface area (Å²) in [6, 6.07) is 13.1. The number of carbonyl (C=O) groups is 2. The second kappa shape index (κ2) is 7.62. The van der Waals surface area contributed by atoms with E-state index in [1.807, 2.05) is 35.6 Å². The lowest BCUT2D eigenvalue weighted by atomic mass is 10.2. The standard InChI is InChI=1S/C18H13ClN4O3/c19-12-7-8-14-13(10-12)16(17(25)20-14)22-23-18(26)21-15(24)9-6-11-4-2-1-3-5-11/h1-10,20,25H,(H,21,24,26)/b9-6+,23-22?. The fourth-order valence-electron chi connectivity index (χ4n) is 2.24. The highest BCUT2D eigenvalue weighted by molar-refractivity contribution is 6.31. The van der Waals surface area contributed by atoms with Gasteiger partial charge in [-0.05, 0) is 29.8 Å². The number of hydrogen-bond acceptors (Lipinski definition) is 4. The van der Waals surface area contributed by atoms with Crippen molar-refractivity contribution in [2.75, 3.05) is 0 Å². The number of aromatic hydroxyl groups is 1. The molecule has 0 fully saturated rings. The minimum atomic E-state index is -0.955. The number of aromatic nitrogens is 1. The maximum absolute atomic E-state index is 11.7. The number of fused-ring (bicyclic) bond motifs is 1. The molecule has 0 aliphatic heterocycles. The average molecular weight is 369 g/mol. The molecule has 3 amide bonds. The molecule has 1 aromatic heterocycles. The van der Waals surface area contributed by atoms with Crippen molar-refractivity contribution in [3.63, 3.8) is 0 Å². The molecule has 1 heterocycles. The zero-order valence-corrected chi connectivity index (χ0v) is 14.1. The summed E-state index contributed by atoms with van der Waals surface area (Å²) in [5.41, 5.74) is 1.46. The van der Waals surface area contributed by atoms with E-state index < -0.39 is 11.9 Å². The van der Waals surface area contributed by atoms with Crippen LogP contribution in [-0.4, -0.2) is 22.0 Å². The van der Waals surface area contributed by atoms with Crippen LogP contribution in [-0.2, 0) is 4.79 Å². The Morgan fingerprint density at radius 3 is 2.69 bits per heavy atom. The van der Waals surface area contributed by atoms with Crippen LogP contribution in [0.4, 0.5) is 10.5 Å². The number of nitrogens with one attached hydrogen (secondary N) is 2. The van der Waals surface area contributed by atoms with Crippen LogP contribution in [0.15, 0.2) is 64.8 Å². The Bertz CT molecular complexity index is 1030. The highest BCUT2D eigenvalue weighted by atomic mass is 35.5. The van der Waals surface area contributed by atoms with Crippen molar-refractivity contribution in [3.05, 3.63) is 65.2 Å². The minimum absolute atomic E-state index is 0.0601. The number of imide groups is 1. The number of amides is 3. The molecule has 3 N–H and O–H groups in total. The second-order valence-corrected chi connectivity index (χ2v) is 5.69. The zero-order valence-electron chi connectivity index (χ0n) is 13.3. The van der Waals surface area contributed by atoms with Gasteiger partial charge in [-0.25, -0.2) is 4.79 Å². The van der Waals surface area contributed by atoms with E-state index in [9.17, 15) is 14.7 Å². The van der Waals surface area contributed by atoms with E-state index in [0.717, 1.165) is 5.56 Å². The van der Waals surface area contributed by atoms with Gasteiger partial charge in [0, 0.05) is 16.5 Å². The molecular formula is C18H13ClN4O3. The quantitative estimate of drug-likeness (QED) is 0.466. The lowest BCUT2D eigenvalue weighted by Crippen LogP contribution is -2.25. The lowest BCUT2D eigenvalue weighted by Gasteiger charge is -1.95. The number of azo groups is 1. The summed E-state index contributed by atoms with van der Waals surface area (Å²) >= 11 is 5.92. The van der Waals surface area contributed by atoms with Crippen molar-refractivity contribution in [3.8, 4) is 5.88 Å². The van der Waals surface area contributed by atoms with Gasteiger partial charge in [-0.15, -0.1) is 5.11 Å². The SMILES string of the molecule is O=C(/C=C/c1ccccc1)NC(=O)N=Nc1c(O)[nH]c2ccc(Cl)cc12. The predicted octanol–water partition coefficient (Wildman–Crippen LogP) is 4.56. The van der Waals surface area contributed by atoms with Crippen LogP contribution in [0.5, 0.6) is 5.88 Å². The second-order valence-electron chi connectivity index (χ2n) is 5.25. The molecule has 0 aliphatic rings. The molecule has 0 atom stereocenters. The zero-order chi connectivity index (χ0) is 18.5. The Morgan fingerprint density at radius 2 is 1.92 bits per heavy atom. The molecule has 0 radical (unpaired) electrons. The van der Waals surface area contributed by atoms with Crippen molar-refractivity contribution in [1.82, 2.24) is 10.3 Å². The van der Waals surface area contributed by atoms with Crippen molar-refractivity contribution in [1.29, 1.82) is 0 Å². The summed E-state index contributed by atoms with van der Waals surface area (Å²) < 4.78 is 0. The Balaban J connectivity index is 1.68. The molecule has 3 aromatic rings. The van der Waals surface area contributed by atoms with E-state index in [4.69, 9.17) is 11.6 Å². The van der Waals surface area contributed by atoms with Crippen LogP contribution >= 0.6 is 11.6 Å². The number of halogens is 1. The smallest absolute Gasteiger partial charge is 0.366 e. The number of rotatable bonds is 3. The summed E-state index contributed by atoms with van der Waals surface area (Å²) in [4.78, 5) is 26.1. The van der Waals surface area contributed by atoms with Crippen molar-refractivity contribution >= 4 is 46.2 Å². The van der Waals surface area contributed by atoms with Crippen molar-refractivity contribution < 1.29 is 14.7 Å². The third-order valence-electron chi connectivity index (χ3n) is 3.41. The predicted molar refractivity (Wildman–Crippen MR) is 98.5 cm³/mol. The molecule has 0 unspecified atom stereocenters. The van der Waals surface area contributed by atoms with Gasteiger partial charge in [-0.2, -0.15) is 0 Å². The molecule has 130 valence electrons. The Hall–Kier alpha value is -3.45. The topological polar surface area (TPSA) is 107 Å². The third-order valence-corrected chi connectivity index (χ3v) is 3.65. The lowest BCUT2D eigenvalue weighted by molar-refractivity contribution is -0.115. The Morgan fingerprint density at radius 1 is 1.15 bits per heavy atom. The first-order valence-electron chi connectivity index (χ1n) is 7.53.